The standard InChI is InChI=1S/C12H22N2.ClH/c13-7-11(14)12-4-8-1-9(5-12)3-10(2-8)6-12;/h8-11H,1-7,13-14H2;1H. The second-order valence-electron chi connectivity index (χ2n) is 6.12. The van der Waals surface area contributed by atoms with E-state index in [0.29, 0.717) is 12.0 Å². The highest BCUT2D eigenvalue weighted by Crippen LogP contribution is 2.60. The highest BCUT2D eigenvalue weighted by Gasteiger charge is 2.52. The maximum absolute atomic E-state index is 6.25. The van der Waals surface area contributed by atoms with Crippen LogP contribution in [0.2, 0.25) is 0 Å². The first kappa shape index (κ1) is 11.7. The van der Waals surface area contributed by atoms with Crippen molar-refractivity contribution >= 4 is 12.4 Å². The van der Waals surface area contributed by atoms with Crippen LogP contribution in [0.5, 0.6) is 0 Å². The molecule has 1 atom stereocenters. The van der Waals surface area contributed by atoms with Crippen LogP contribution < -0.4 is 11.5 Å². The Hall–Kier alpha value is 0.210. The van der Waals surface area contributed by atoms with E-state index in [2.05, 4.69) is 0 Å². The number of halogens is 1. The third-order valence-corrected chi connectivity index (χ3v) is 5.13. The van der Waals surface area contributed by atoms with Gasteiger partial charge >= 0.3 is 0 Å². The molecule has 88 valence electrons. The fourth-order valence-electron chi connectivity index (χ4n) is 4.88. The van der Waals surface area contributed by atoms with Crippen LogP contribution >= 0.6 is 12.4 Å². The average Bonchev–Trinajstić information content (AvgIpc) is 2.14. The van der Waals surface area contributed by atoms with Crippen molar-refractivity contribution < 1.29 is 0 Å². The Morgan fingerprint density at radius 1 is 1.00 bits per heavy atom. The molecule has 0 aliphatic heterocycles. The van der Waals surface area contributed by atoms with E-state index in [1.54, 1.807) is 0 Å². The van der Waals surface area contributed by atoms with Gasteiger partial charge in [0.15, 0.2) is 0 Å². The summed E-state index contributed by atoms with van der Waals surface area (Å²) < 4.78 is 0. The molecule has 4 bridgehead atoms. The molecular formula is C12H23ClN2. The van der Waals surface area contributed by atoms with Gasteiger partial charge in [0.05, 0.1) is 0 Å². The van der Waals surface area contributed by atoms with Crippen LogP contribution in [-0.2, 0) is 0 Å². The Morgan fingerprint density at radius 2 is 1.40 bits per heavy atom. The molecule has 0 aromatic carbocycles. The summed E-state index contributed by atoms with van der Waals surface area (Å²) >= 11 is 0. The molecular weight excluding hydrogens is 208 g/mol. The Labute approximate surface area is 98.6 Å². The quantitative estimate of drug-likeness (QED) is 0.762. The Morgan fingerprint density at radius 3 is 1.73 bits per heavy atom. The normalized spacial score (nSPS) is 48.8. The summed E-state index contributed by atoms with van der Waals surface area (Å²) in [7, 11) is 0. The van der Waals surface area contributed by atoms with Gasteiger partial charge in [0, 0.05) is 12.6 Å². The van der Waals surface area contributed by atoms with Gasteiger partial charge in [0.2, 0.25) is 0 Å². The maximum atomic E-state index is 6.25. The molecule has 0 aromatic rings. The van der Waals surface area contributed by atoms with Crippen molar-refractivity contribution in [1.29, 1.82) is 0 Å². The molecule has 4 saturated carbocycles. The van der Waals surface area contributed by atoms with Crippen LogP contribution in [0.15, 0.2) is 0 Å². The van der Waals surface area contributed by atoms with Gasteiger partial charge in [0.25, 0.3) is 0 Å². The molecule has 4 N–H and O–H groups in total. The van der Waals surface area contributed by atoms with Gasteiger partial charge < -0.3 is 11.5 Å². The monoisotopic (exact) mass is 230 g/mol. The molecule has 0 saturated heterocycles. The van der Waals surface area contributed by atoms with E-state index in [9.17, 15) is 0 Å². The maximum Gasteiger partial charge on any atom is 0.0220 e. The average molecular weight is 231 g/mol. The van der Waals surface area contributed by atoms with E-state index in [-0.39, 0.29) is 18.4 Å². The van der Waals surface area contributed by atoms with Gasteiger partial charge in [-0.1, -0.05) is 0 Å². The third kappa shape index (κ3) is 1.71. The zero-order chi connectivity index (χ0) is 9.76. The van der Waals surface area contributed by atoms with Gasteiger partial charge in [-0.2, -0.15) is 0 Å². The van der Waals surface area contributed by atoms with Crippen LogP contribution in [0, 0.1) is 23.2 Å². The largest absolute Gasteiger partial charge is 0.329 e. The lowest BCUT2D eigenvalue weighted by atomic mass is 9.48. The lowest BCUT2D eigenvalue weighted by molar-refractivity contribution is -0.0652. The number of hydrogen-bond donors (Lipinski definition) is 2. The van der Waals surface area contributed by atoms with Crippen molar-refractivity contribution in [2.24, 2.45) is 34.6 Å². The molecule has 0 aromatic heterocycles. The molecule has 4 rings (SSSR count). The van der Waals surface area contributed by atoms with Crippen LogP contribution in [0.25, 0.3) is 0 Å². The summed E-state index contributed by atoms with van der Waals surface area (Å²) in [4.78, 5) is 0. The van der Waals surface area contributed by atoms with Crippen LogP contribution in [0.4, 0.5) is 0 Å². The molecule has 3 heteroatoms. The first-order chi connectivity index (χ1) is 6.72. The topological polar surface area (TPSA) is 52.0 Å². The number of nitrogens with two attached hydrogens (primary N) is 2. The fourth-order valence-corrected chi connectivity index (χ4v) is 4.88. The number of rotatable bonds is 2. The molecule has 4 aliphatic carbocycles. The molecule has 0 radical (unpaired) electrons. The Kier molecular flexibility index (Phi) is 3.04. The van der Waals surface area contributed by atoms with E-state index < -0.39 is 0 Å². The zero-order valence-corrected chi connectivity index (χ0v) is 10.1. The Bertz CT molecular complexity index is 206. The molecule has 0 amide bonds. The van der Waals surface area contributed by atoms with E-state index in [4.69, 9.17) is 11.5 Å². The summed E-state index contributed by atoms with van der Waals surface area (Å²) in [5, 5.41) is 0. The first-order valence-corrected chi connectivity index (χ1v) is 6.17. The molecule has 4 fully saturated rings. The predicted molar refractivity (Wildman–Crippen MR) is 64.9 cm³/mol. The minimum absolute atomic E-state index is 0. The van der Waals surface area contributed by atoms with Crippen LogP contribution in [-0.4, -0.2) is 12.6 Å². The van der Waals surface area contributed by atoms with Crippen molar-refractivity contribution in [3.8, 4) is 0 Å². The minimum atomic E-state index is 0. The molecule has 1 unspecified atom stereocenters. The van der Waals surface area contributed by atoms with Gasteiger partial charge in [-0.15, -0.1) is 12.4 Å². The number of hydrogen-bond acceptors (Lipinski definition) is 2. The van der Waals surface area contributed by atoms with E-state index >= 15 is 0 Å². The minimum Gasteiger partial charge on any atom is -0.329 e. The van der Waals surface area contributed by atoms with Crippen molar-refractivity contribution in [3.05, 3.63) is 0 Å². The molecule has 2 nitrogen and oxygen atoms in total. The lowest BCUT2D eigenvalue weighted by Gasteiger charge is -2.58. The summed E-state index contributed by atoms with van der Waals surface area (Å²) in [6, 6.07) is 0.274. The molecule has 0 heterocycles. The van der Waals surface area contributed by atoms with Gasteiger partial charge in [-0.05, 0) is 61.7 Å². The van der Waals surface area contributed by atoms with Crippen LogP contribution in [0.1, 0.15) is 38.5 Å². The van der Waals surface area contributed by atoms with Gasteiger partial charge in [-0.25, -0.2) is 0 Å². The SMILES string of the molecule is Cl.NCC(N)C12CC3CC(CC(C3)C1)C2. The lowest BCUT2D eigenvalue weighted by Crippen LogP contribution is -2.56. The Balaban J connectivity index is 0.000000853. The smallest absolute Gasteiger partial charge is 0.0220 e. The summed E-state index contributed by atoms with van der Waals surface area (Å²) in [6.07, 6.45) is 8.65. The summed E-state index contributed by atoms with van der Waals surface area (Å²) in [5.41, 5.74) is 12.5. The first-order valence-electron chi connectivity index (χ1n) is 6.17. The second kappa shape index (κ2) is 3.90. The van der Waals surface area contributed by atoms with Crippen molar-refractivity contribution in [3.63, 3.8) is 0 Å². The molecule has 0 spiro atoms. The van der Waals surface area contributed by atoms with E-state index in [1.165, 1.54) is 38.5 Å². The predicted octanol–water partition coefficient (Wildman–Crippen LogP) is 1.91. The van der Waals surface area contributed by atoms with E-state index in [1.807, 2.05) is 0 Å². The summed E-state index contributed by atoms with van der Waals surface area (Å²) in [5.74, 6) is 3.00. The fraction of sp³-hybridized carbons (Fsp3) is 1.00. The van der Waals surface area contributed by atoms with Crippen molar-refractivity contribution in [2.75, 3.05) is 6.54 Å². The van der Waals surface area contributed by atoms with Gasteiger partial charge in [-0.3, -0.25) is 0 Å². The second-order valence-corrected chi connectivity index (χ2v) is 6.12. The molecule has 15 heavy (non-hydrogen) atoms. The van der Waals surface area contributed by atoms with E-state index in [0.717, 1.165) is 17.8 Å². The molecule has 4 aliphatic rings. The van der Waals surface area contributed by atoms with Gasteiger partial charge in [0.1, 0.15) is 0 Å². The van der Waals surface area contributed by atoms with Crippen molar-refractivity contribution in [1.82, 2.24) is 0 Å². The zero-order valence-electron chi connectivity index (χ0n) is 9.32. The summed E-state index contributed by atoms with van der Waals surface area (Å²) in [6.45, 7) is 0.687. The van der Waals surface area contributed by atoms with Crippen molar-refractivity contribution in [2.45, 2.75) is 44.6 Å². The highest BCUT2D eigenvalue weighted by atomic mass is 35.5. The third-order valence-electron chi connectivity index (χ3n) is 5.13. The highest BCUT2D eigenvalue weighted by molar-refractivity contribution is 5.85. The van der Waals surface area contributed by atoms with Crippen LogP contribution in [0.3, 0.4) is 0 Å².